The topological polar surface area (TPSA) is 68.0 Å². The molecule has 0 rings (SSSR count). The first kappa shape index (κ1) is 15.8. The quantitative estimate of drug-likeness (QED) is 0.507. The lowest BCUT2D eigenvalue weighted by atomic mass is 10.1. The predicted octanol–water partition coefficient (Wildman–Crippen LogP) is -0.321. The number of hydrogen-bond donors (Lipinski definition) is 2. The van der Waals surface area contributed by atoms with Crippen LogP contribution in [-0.4, -0.2) is 69.2 Å². The molecule has 5 heteroatoms. The van der Waals surface area contributed by atoms with Crippen LogP contribution in [0.25, 0.3) is 0 Å². The molecule has 98 valence electrons. The molecule has 16 heavy (non-hydrogen) atoms. The molecule has 2 unspecified atom stereocenters. The Kier molecular flexibility index (Phi) is 9.86. The minimum absolute atomic E-state index is 0.00740. The molecule has 2 atom stereocenters. The van der Waals surface area contributed by atoms with Crippen molar-refractivity contribution in [1.29, 1.82) is 0 Å². The molecule has 0 saturated carbocycles. The number of ether oxygens (including phenoxy) is 2. The average molecular weight is 234 g/mol. The first-order valence-electron chi connectivity index (χ1n) is 5.75. The van der Waals surface area contributed by atoms with Crippen LogP contribution in [0.2, 0.25) is 0 Å². The third-order valence-corrected chi connectivity index (χ3v) is 2.64. The molecule has 0 aliphatic carbocycles. The number of aliphatic hydroxyl groups is 1. The highest BCUT2D eigenvalue weighted by Gasteiger charge is 2.20. The van der Waals surface area contributed by atoms with Gasteiger partial charge in [-0.1, -0.05) is 0 Å². The molecule has 0 aliphatic rings. The van der Waals surface area contributed by atoms with E-state index in [0.29, 0.717) is 6.61 Å². The number of nitrogens with two attached hydrogens (primary N) is 1. The second-order valence-corrected chi connectivity index (χ2v) is 3.98. The molecule has 0 saturated heterocycles. The van der Waals surface area contributed by atoms with Gasteiger partial charge >= 0.3 is 0 Å². The van der Waals surface area contributed by atoms with Crippen LogP contribution < -0.4 is 5.73 Å². The van der Waals surface area contributed by atoms with E-state index in [1.807, 2.05) is 6.92 Å². The fourth-order valence-electron chi connectivity index (χ4n) is 1.68. The molecule has 5 nitrogen and oxygen atoms in total. The third kappa shape index (κ3) is 6.40. The zero-order valence-corrected chi connectivity index (χ0v) is 10.7. The van der Waals surface area contributed by atoms with Crippen molar-refractivity contribution in [3.63, 3.8) is 0 Å². The van der Waals surface area contributed by atoms with E-state index in [0.717, 1.165) is 26.1 Å². The molecule has 0 fully saturated rings. The Bertz CT molecular complexity index is 156. The van der Waals surface area contributed by atoms with E-state index in [1.165, 1.54) is 0 Å². The van der Waals surface area contributed by atoms with Crippen molar-refractivity contribution in [3.05, 3.63) is 0 Å². The van der Waals surface area contributed by atoms with Gasteiger partial charge in [-0.05, 0) is 13.3 Å². The van der Waals surface area contributed by atoms with Crippen LogP contribution >= 0.6 is 0 Å². The van der Waals surface area contributed by atoms with Crippen LogP contribution in [-0.2, 0) is 9.47 Å². The van der Waals surface area contributed by atoms with Crippen molar-refractivity contribution in [2.24, 2.45) is 5.73 Å². The van der Waals surface area contributed by atoms with E-state index in [4.69, 9.17) is 15.2 Å². The summed E-state index contributed by atoms with van der Waals surface area (Å²) < 4.78 is 10.1. The van der Waals surface area contributed by atoms with Gasteiger partial charge in [-0.15, -0.1) is 0 Å². The molecule has 0 aromatic carbocycles. The predicted molar refractivity (Wildman–Crippen MR) is 64.5 cm³/mol. The Hall–Kier alpha value is -0.200. The van der Waals surface area contributed by atoms with Crippen LogP contribution in [0, 0.1) is 0 Å². The minimum atomic E-state index is -0.0515. The zero-order chi connectivity index (χ0) is 12.4. The number of hydrogen-bond acceptors (Lipinski definition) is 5. The lowest BCUT2D eigenvalue weighted by molar-refractivity contribution is 0.0685. The number of aliphatic hydroxyl groups excluding tert-OH is 1. The van der Waals surface area contributed by atoms with Crippen molar-refractivity contribution in [3.8, 4) is 0 Å². The van der Waals surface area contributed by atoms with Crippen molar-refractivity contribution in [2.45, 2.75) is 25.4 Å². The third-order valence-electron chi connectivity index (χ3n) is 2.64. The molecule has 0 heterocycles. The number of nitrogens with zero attached hydrogens (tertiary/aromatic N) is 1. The molecular formula is C11H26N2O3. The van der Waals surface area contributed by atoms with E-state index in [-0.39, 0.29) is 18.7 Å². The summed E-state index contributed by atoms with van der Waals surface area (Å²) in [4.78, 5) is 2.16. The van der Waals surface area contributed by atoms with E-state index < -0.39 is 0 Å². The first-order valence-corrected chi connectivity index (χ1v) is 5.75. The summed E-state index contributed by atoms with van der Waals surface area (Å²) >= 11 is 0. The molecule has 0 aromatic heterocycles. The highest BCUT2D eigenvalue weighted by atomic mass is 16.5. The molecule has 0 radical (unpaired) electrons. The Labute approximate surface area is 98.5 Å². The van der Waals surface area contributed by atoms with Crippen LogP contribution in [0.3, 0.4) is 0 Å². The summed E-state index contributed by atoms with van der Waals surface area (Å²) in [5.74, 6) is 0. The van der Waals surface area contributed by atoms with Gasteiger partial charge in [0.25, 0.3) is 0 Å². The summed E-state index contributed by atoms with van der Waals surface area (Å²) in [6, 6.07) is -0.0589. The monoisotopic (exact) mass is 234 g/mol. The van der Waals surface area contributed by atoms with Crippen LogP contribution in [0.5, 0.6) is 0 Å². The molecule has 0 spiro atoms. The Morgan fingerprint density at radius 3 is 2.25 bits per heavy atom. The van der Waals surface area contributed by atoms with Crippen molar-refractivity contribution in [2.75, 3.05) is 47.1 Å². The lowest BCUT2D eigenvalue weighted by Crippen LogP contribution is -2.50. The van der Waals surface area contributed by atoms with Gasteiger partial charge in [0, 0.05) is 46.0 Å². The van der Waals surface area contributed by atoms with E-state index in [2.05, 4.69) is 4.90 Å². The first-order chi connectivity index (χ1) is 7.67. The van der Waals surface area contributed by atoms with E-state index in [9.17, 15) is 5.11 Å². The van der Waals surface area contributed by atoms with Gasteiger partial charge in [-0.3, -0.25) is 4.90 Å². The maximum Gasteiger partial charge on any atom is 0.0601 e. The second-order valence-electron chi connectivity index (χ2n) is 3.98. The standard InChI is InChI=1S/C11H26N2O3/c1-10(12)11(9-14)13(6-8-16-3)5-4-7-15-2/h10-11,14H,4-9,12H2,1-3H3. The molecular weight excluding hydrogens is 208 g/mol. The summed E-state index contributed by atoms with van der Waals surface area (Å²) in [6.45, 7) is 5.01. The Morgan fingerprint density at radius 2 is 1.81 bits per heavy atom. The van der Waals surface area contributed by atoms with Crippen LogP contribution in [0.4, 0.5) is 0 Å². The van der Waals surface area contributed by atoms with E-state index >= 15 is 0 Å². The smallest absolute Gasteiger partial charge is 0.0601 e. The highest BCUT2D eigenvalue weighted by Crippen LogP contribution is 2.04. The molecule has 0 amide bonds. The largest absolute Gasteiger partial charge is 0.395 e. The summed E-state index contributed by atoms with van der Waals surface area (Å²) in [5, 5.41) is 9.33. The molecule has 0 bridgehead atoms. The molecule has 3 N–H and O–H groups in total. The lowest BCUT2D eigenvalue weighted by Gasteiger charge is -2.32. The average Bonchev–Trinajstić information content (AvgIpc) is 2.25. The fourth-order valence-corrected chi connectivity index (χ4v) is 1.68. The summed E-state index contributed by atoms with van der Waals surface area (Å²) in [5.41, 5.74) is 5.85. The van der Waals surface area contributed by atoms with Gasteiger partial charge < -0.3 is 20.3 Å². The van der Waals surface area contributed by atoms with Crippen LogP contribution in [0.15, 0.2) is 0 Å². The van der Waals surface area contributed by atoms with Crippen molar-refractivity contribution < 1.29 is 14.6 Å². The van der Waals surface area contributed by atoms with Gasteiger partial charge in [0.15, 0.2) is 0 Å². The summed E-state index contributed by atoms with van der Waals surface area (Å²) in [7, 11) is 3.36. The van der Waals surface area contributed by atoms with Gasteiger partial charge in [-0.2, -0.15) is 0 Å². The van der Waals surface area contributed by atoms with Crippen molar-refractivity contribution in [1.82, 2.24) is 4.90 Å². The normalized spacial score (nSPS) is 15.4. The minimum Gasteiger partial charge on any atom is -0.395 e. The maximum atomic E-state index is 9.33. The second kappa shape index (κ2) is 9.99. The number of methoxy groups -OCH3 is 2. The highest BCUT2D eigenvalue weighted by molar-refractivity contribution is 4.78. The SMILES string of the molecule is COCCCN(CCOC)C(CO)C(C)N. The molecule has 0 aromatic rings. The van der Waals surface area contributed by atoms with Gasteiger partial charge in [0.2, 0.25) is 0 Å². The maximum absolute atomic E-state index is 9.33. The zero-order valence-electron chi connectivity index (χ0n) is 10.7. The van der Waals surface area contributed by atoms with Crippen LogP contribution in [0.1, 0.15) is 13.3 Å². The molecule has 0 aliphatic heterocycles. The van der Waals surface area contributed by atoms with Gasteiger partial charge in [0.1, 0.15) is 0 Å². The fraction of sp³-hybridized carbons (Fsp3) is 1.00. The Balaban J connectivity index is 4.14. The van der Waals surface area contributed by atoms with E-state index in [1.54, 1.807) is 14.2 Å². The van der Waals surface area contributed by atoms with Gasteiger partial charge in [-0.25, -0.2) is 0 Å². The Morgan fingerprint density at radius 1 is 1.19 bits per heavy atom. The van der Waals surface area contributed by atoms with Gasteiger partial charge in [0.05, 0.1) is 13.2 Å². The summed E-state index contributed by atoms with van der Waals surface area (Å²) in [6.07, 6.45) is 0.934. The van der Waals surface area contributed by atoms with Crippen molar-refractivity contribution >= 4 is 0 Å². The number of rotatable bonds is 10.